The molecule has 0 saturated heterocycles. The maximum Gasteiger partial charge on any atom is 0.229 e. The van der Waals surface area contributed by atoms with Crippen molar-refractivity contribution in [3.05, 3.63) is 59.8 Å². The molecule has 3 rings (SSSR count). The highest BCUT2D eigenvalue weighted by Gasteiger charge is 2.07. The van der Waals surface area contributed by atoms with Crippen molar-refractivity contribution in [3.8, 4) is 17.2 Å². The van der Waals surface area contributed by atoms with E-state index >= 15 is 0 Å². The van der Waals surface area contributed by atoms with Crippen molar-refractivity contribution in [2.75, 3.05) is 38.0 Å². The lowest BCUT2D eigenvalue weighted by Crippen LogP contribution is -2.13. The molecule has 0 radical (unpaired) electrons. The molecule has 2 N–H and O–H groups in total. The van der Waals surface area contributed by atoms with Crippen molar-refractivity contribution in [1.29, 1.82) is 0 Å². The molecule has 0 saturated carbocycles. The minimum atomic E-state index is 0.504. The van der Waals surface area contributed by atoms with Gasteiger partial charge in [0, 0.05) is 11.8 Å². The normalized spacial score (nSPS) is 10.3. The zero-order chi connectivity index (χ0) is 20.6. The number of aryl methyl sites for hydroxylation is 2. The third-order valence-electron chi connectivity index (χ3n) is 4.19. The maximum atomic E-state index is 5.73. The molecule has 1 heterocycles. The van der Waals surface area contributed by atoms with Gasteiger partial charge in [0.15, 0.2) is 0 Å². The van der Waals surface area contributed by atoms with Crippen LogP contribution in [-0.4, -0.2) is 37.3 Å². The molecule has 0 spiro atoms. The van der Waals surface area contributed by atoms with E-state index in [0.29, 0.717) is 19.1 Å². The zero-order valence-electron chi connectivity index (χ0n) is 17.2. The van der Waals surface area contributed by atoms with Crippen LogP contribution in [0.4, 0.5) is 17.5 Å². The summed E-state index contributed by atoms with van der Waals surface area (Å²) in [6.07, 6.45) is 0. The van der Waals surface area contributed by atoms with E-state index in [9.17, 15) is 0 Å². The van der Waals surface area contributed by atoms with Gasteiger partial charge in [-0.2, -0.15) is 4.98 Å². The number of nitrogens with one attached hydrogen (secondary N) is 2. The highest BCUT2D eigenvalue weighted by molar-refractivity contribution is 5.64. The van der Waals surface area contributed by atoms with Crippen molar-refractivity contribution < 1.29 is 14.2 Å². The smallest absolute Gasteiger partial charge is 0.229 e. The highest BCUT2D eigenvalue weighted by Crippen LogP contribution is 2.27. The Kier molecular flexibility index (Phi) is 6.73. The van der Waals surface area contributed by atoms with Crippen LogP contribution in [0.5, 0.6) is 17.2 Å². The molecule has 2 aromatic carbocycles. The number of benzene rings is 2. The fraction of sp³-hybridized carbons (Fsp3) is 0.273. The van der Waals surface area contributed by atoms with E-state index in [1.807, 2.05) is 62.4 Å². The van der Waals surface area contributed by atoms with Gasteiger partial charge in [-0.25, -0.2) is 4.98 Å². The van der Waals surface area contributed by atoms with E-state index in [1.165, 1.54) is 0 Å². The van der Waals surface area contributed by atoms with Crippen molar-refractivity contribution in [2.45, 2.75) is 13.8 Å². The number of ether oxygens (including phenoxy) is 3. The standard InChI is InChI=1S/C22H26N4O3/c1-15-5-10-20(28-4)19(13-15)25-22-24-16(2)14-21(26-22)23-11-12-29-18-8-6-17(27-3)7-9-18/h5-10,13-14H,11-12H2,1-4H3,(H2,23,24,25,26). The average molecular weight is 394 g/mol. The van der Waals surface area contributed by atoms with Crippen LogP contribution >= 0.6 is 0 Å². The molecule has 7 nitrogen and oxygen atoms in total. The second kappa shape index (κ2) is 9.64. The number of anilines is 3. The fourth-order valence-corrected chi connectivity index (χ4v) is 2.77. The van der Waals surface area contributed by atoms with Gasteiger partial charge < -0.3 is 24.8 Å². The second-order valence-electron chi connectivity index (χ2n) is 6.50. The number of nitrogens with zero attached hydrogens (tertiary/aromatic N) is 2. The molecule has 0 aliphatic heterocycles. The Labute approximate surface area is 171 Å². The van der Waals surface area contributed by atoms with Crippen molar-refractivity contribution >= 4 is 17.5 Å². The molecule has 0 aliphatic rings. The van der Waals surface area contributed by atoms with E-state index in [0.717, 1.165) is 40.0 Å². The van der Waals surface area contributed by atoms with Crippen LogP contribution in [0.25, 0.3) is 0 Å². The number of hydrogen-bond donors (Lipinski definition) is 2. The first-order valence-electron chi connectivity index (χ1n) is 9.35. The number of aromatic nitrogens is 2. The van der Waals surface area contributed by atoms with Gasteiger partial charge in [-0.1, -0.05) is 6.07 Å². The van der Waals surface area contributed by atoms with Crippen LogP contribution in [0.2, 0.25) is 0 Å². The molecule has 3 aromatic rings. The van der Waals surface area contributed by atoms with Crippen LogP contribution in [0.3, 0.4) is 0 Å². The minimum absolute atomic E-state index is 0.504. The van der Waals surface area contributed by atoms with Gasteiger partial charge >= 0.3 is 0 Å². The van der Waals surface area contributed by atoms with Gasteiger partial charge in [-0.15, -0.1) is 0 Å². The molecule has 0 atom stereocenters. The highest BCUT2D eigenvalue weighted by atomic mass is 16.5. The Morgan fingerprint density at radius 3 is 2.34 bits per heavy atom. The molecule has 7 heteroatoms. The fourth-order valence-electron chi connectivity index (χ4n) is 2.77. The van der Waals surface area contributed by atoms with Crippen molar-refractivity contribution in [3.63, 3.8) is 0 Å². The van der Waals surface area contributed by atoms with Gasteiger partial charge in [0.1, 0.15) is 29.7 Å². The number of rotatable bonds is 9. The summed E-state index contributed by atoms with van der Waals surface area (Å²) in [7, 11) is 3.28. The molecule has 0 aliphatic carbocycles. The third-order valence-corrected chi connectivity index (χ3v) is 4.19. The first-order valence-corrected chi connectivity index (χ1v) is 9.35. The Hall–Kier alpha value is -3.48. The van der Waals surface area contributed by atoms with Crippen LogP contribution in [0.1, 0.15) is 11.3 Å². The Bertz CT molecular complexity index is 945. The second-order valence-corrected chi connectivity index (χ2v) is 6.50. The summed E-state index contributed by atoms with van der Waals surface area (Å²) >= 11 is 0. The summed E-state index contributed by atoms with van der Waals surface area (Å²) in [4.78, 5) is 9.01. The van der Waals surface area contributed by atoms with Gasteiger partial charge in [0.2, 0.25) is 5.95 Å². The monoisotopic (exact) mass is 394 g/mol. The molecule has 0 fully saturated rings. The Balaban J connectivity index is 1.59. The SMILES string of the molecule is COc1ccc(OCCNc2cc(C)nc(Nc3cc(C)ccc3OC)n2)cc1. The topological polar surface area (TPSA) is 77.5 Å². The summed E-state index contributed by atoms with van der Waals surface area (Å²) in [6, 6.07) is 15.3. The number of methoxy groups -OCH3 is 2. The van der Waals surface area contributed by atoms with Gasteiger partial charge in [0.25, 0.3) is 0 Å². The van der Waals surface area contributed by atoms with Gasteiger partial charge in [-0.05, 0) is 55.8 Å². The molecule has 1 aromatic heterocycles. The predicted molar refractivity (Wildman–Crippen MR) is 115 cm³/mol. The Morgan fingerprint density at radius 2 is 1.62 bits per heavy atom. The van der Waals surface area contributed by atoms with E-state index < -0.39 is 0 Å². The lowest BCUT2D eigenvalue weighted by molar-refractivity contribution is 0.331. The molecular formula is C22H26N4O3. The van der Waals surface area contributed by atoms with Crippen LogP contribution in [-0.2, 0) is 0 Å². The first kappa shape index (κ1) is 20.3. The van der Waals surface area contributed by atoms with Crippen molar-refractivity contribution in [1.82, 2.24) is 9.97 Å². The van der Waals surface area contributed by atoms with Gasteiger partial charge in [0.05, 0.1) is 26.5 Å². The van der Waals surface area contributed by atoms with Crippen LogP contribution in [0.15, 0.2) is 48.5 Å². The first-order chi connectivity index (χ1) is 14.1. The van der Waals surface area contributed by atoms with Crippen LogP contribution < -0.4 is 24.8 Å². The summed E-state index contributed by atoms with van der Waals surface area (Å²) < 4.78 is 16.3. The summed E-state index contributed by atoms with van der Waals surface area (Å²) in [6.45, 7) is 5.07. The van der Waals surface area contributed by atoms with E-state index in [1.54, 1.807) is 14.2 Å². The molecular weight excluding hydrogens is 368 g/mol. The maximum absolute atomic E-state index is 5.73. The minimum Gasteiger partial charge on any atom is -0.497 e. The number of hydrogen-bond acceptors (Lipinski definition) is 7. The summed E-state index contributed by atoms with van der Waals surface area (Å²) in [5, 5.41) is 6.51. The molecule has 0 unspecified atom stereocenters. The molecule has 0 amide bonds. The Morgan fingerprint density at radius 1 is 0.862 bits per heavy atom. The van der Waals surface area contributed by atoms with Crippen molar-refractivity contribution in [2.24, 2.45) is 0 Å². The zero-order valence-corrected chi connectivity index (χ0v) is 17.2. The molecule has 29 heavy (non-hydrogen) atoms. The van der Waals surface area contributed by atoms with Gasteiger partial charge in [-0.3, -0.25) is 0 Å². The lowest BCUT2D eigenvalue weighted by atomic mass is 10.2. The van der Waals surface area contributed by atoms with E-state index in [-0.39, 0.29) is 0 Å². The predicted octanol–water partition coefficient (Wildman–Crippen LogP) is 4.35. The molecule has 152 valence electrons. The quantitative estimate of drug-likeness (QED) is 0.523. The average Bonchev–Trinajstić information content (AvgIpc) is 2.71. The third kappa shape index (κ3) is 5.75. The lowest BCUT2D eigenvalue weighted by Gasteiger charge is -2.13. The van der Waals surface area contributed by atoms with E-state index in [2.05, 4.69) is 20.6 Å². The van der Waals surface area contributed by atoms with E-state index in [4.69, 9.17) is 14.2 Å². The largest absolute Gasteiger partial charge is 0.497 e. The summed E-state index contributed by atoms with van der Waals surface area (Å²) in [5.74, 6) is 3.57. The molecule has 0 bridgehead atoms. The summed E-state index contributed by atoms with van der Waals surface area (Å²) in [5.41, 5.74) is 2.80. The van der Waals surface area contributed by atoms with Crippen LogP contribution in [0, 0.1) is 13.8 Å².